The highest BCUT2D eigenvalue weighted by Crippen LogP contribution is 2.41. The largest absolute Gasteiger partial charge is 0.366 e. The van der Waals surface area contributed by atoms with Crippen LogP contribution in [0.5, 0.6) is 0 Å². The van der Waals surface area contributed by atoms with Crippen molar-refractivity contribution in [2.45, 2.75) is 18.8 Å². The fourth-order valence-electron chi connectivity index (χ4n) is 3.09. The predicted octanol–water partition coefficient (Wildman–Crippen LogP) is 3.43. The van der Waals surface area contributed by atoms with Crippen molar-refractivity contribution < 1.29 is 9.72 Å². The highest BCUT2D eigenvalue weighted by molar-refractivity contribution is 6.30. The smallest absolute Gasteiger partial charge is 0.269 e. The van der Waals surface area contributed by atoms with Crippen LogP contribution < -0.4 is 5.73 Å². The quantitative estimate of drug-likeness (QED) is 0.695. The first-order valence-electron chi connectivity index (χ1n) is 6.84. The Labute approximate surface area is 131 Å². The Hall–Kier alpha value is -2.40. The van der Waals surface area contributed by atoms with Gasteiger partial charge in [0.25, 0.3) is 5.69 Å². The topological polar surface area (TPSA) is 86.2 Å². The first kappa shape index (κ1) is 14.5. The van der Waals surface area contributed by atoms with Crippen molar-refractivity contribution in [1.82, 2.24) is 0 Å². The van der Waals surface area contributed by atoms with E-state index < -0.39 is 10.8 Å². The van der Waals surface area contributed by atoms with Crippen LogP contribution in [0.2, 0.25) is 5.02 Å². The van der Waals surface area contributed by atoms with Crippen LogP contribution in [-0.4, -0.2) is 10.8 Å². The Kier molecular flexibility index (Phi) is 3.58. The number of amides is 1. The lowest BCUT2D eigenvalue weighted by Gasteiger charge is -2.15. The van der Waals surface area contributed by atoms with E-state index in [1.165, 1.54) is 18.2 Å². The number of aryl methyl sites for hydroxylation is 1. The molecule has 0 fully saturated rings. The second-order valence-corrected chi connectivity index (χ2v) is 5.76. The molecule has 1 aliphatic rings. The second-order valence-electron chi connectivity index (χ2n) is 5.33. The van der Waals surface area contributed by atoms with Crippen molar-refractivity contribution in [3.05, 3.63) is 73.8 Å². The van der Waals surface area contributed by atoms with Crippen molar-refractivity contribution in [2.75, 3.05) is 0 Å². The van der Waals surface area contributed by atoms with Gasteiger partial charge in [0.2, 0.25) is 5.91 Å². The molecule has 1 aliphatic carbocycles. The van der Waals surface area contributed by atoms with Crippen LogP contribution in [0.15, 0.2) is 36.4 Å². The average molecular weight is 317 g/mol. The van der Waals surface area contributed by atoms with E-state index in [9.17, 15) is 14.9 Å². The number of non-ortho nitro benzene ring substituents is 1. The fourth-order valence-corrected chi connectivity index (χ4v) is 3.28. The maximum Gasteiger partial charge on any atom is 0.269 e. The van der Waals surface area contributed by atoms with E-state index in [-0.39, 0.29) is 11.6 Å². The summed E-state index contributed by atoms with van der Waals surface area (Å²) in [6, 6.07) is 9.80. The van der Waals surface area contributed by atoms with Crippen molar-refractivity contribution in [2.24, 2.45) is 5.73 Å². The molecule has 2 aromatic carbocycles. The number of rotatable bonds is 3. The lowest BCUT2D eigenvalue weighted by molar-refractivity contribution is -0.384. The molecule has 1 atom stereocenters. The van der Waals surface area contributed by atoms with Crippen molar-refractivity contribution in [3.8, 4) is 0 Å². The van der Waals surface area contributed by atoms with Gasteiger partial charge in [-0.05, 0) is 47.7 Å². The van der Waals surface area contributed by atoms with Crippen LogP contribution >= 0.6 is 11.6 Å². The average Bonchev–Trinajstić information content (AvgIpc) is 2.89. The summed E-state index contributed by atoms with van der Waals surface area (Å²) in [7, 11) is 0. The fraction of sp³-hybridized carbons (Fsp3) is 0.188. The number of halogens is 1. The van der Waals surface area contributed by atoms with Crippen LogP contribution in [0.25, 0.3) is 0 Å². The first-order chi connectivity index (χ1) is 10.5. The summed E-state index contributed by atoms with van der Waals surface area (Å²) in [5, 5.41) is 11.7. The highest BCUT2D eigenvalue weighted by Gasteiger charge is 2.28. The first-order valence-corrected chi connectivity index (χ1v) is 7.21. The molecule has 5 nitrogen and oxygen atoms in total. The van der Waals surface area contributed by atoms with E-state index in [2.05, 4.69) is 0 Å². The van der Waals surface area contributed by atoms with Gasteiger partial charge in [0, 0.05) is 28.6 Å². The molecule has 0 bridgehead atoms. The SMILES string of the molecule is NC(=O)c1ccc([N+](=O)[O-])cc1C1CCc2cc(Cl)ccc21. The molecular weight excluding hydrogens is 304 g/mol. The molecule has 0 aliphatic heterocycles. The molecule has 112 valence electrons. The minimum atomic E-state index is -0.577. The van der Waals surface area contributed by atoms with E-state index in [1.54, 1.807) is 6.07 Å². The zero-order valence-electron chi connectivity index (χ0n) is 11.6. The van der Waals surface area contributed by atoms with Gasteiger partial charge in [-0.15, -0.1) is 0 Å². The Morgan fingerprint density at radius 3 is 2.68 bits per heavy atom. The molecule has 2 aromatic rings. The summed E-state index contributed by atoms with van der Waals surface area (Å²) < 4.78 is 0. The van der Waals surface area contributed by atoms with Gasteiger partial charge in [0.15, 0.2) is 0 Å². The summed E-state index contributed by atoms with van der Waals surface area (Å²) in [5.41, 5.74) is 8.49. The van der Waals surface area contributed by atoms with E-state index in [0.29, 0.717) is 16.1 Å². The molecule has 0 saturated carbocycles. The zero-order chi connectivity index (χ0) is 15.9. The van der Waals surface area contributed by atoms with Gasteiger partial charge in [-0.1, -0.05) is 17.7 Å². The number of carbonyl (C=O) groups excluding carboxylic acids is 1. The Morgan fingerprint density at radius 2 is 2.00 bits per heavy atom. The summed E-state index contributed by atoms with van der Waals surface area (Å²) in [4.78, 5) is 22.2. The number of fused-ring (bicyclic) bond motifs is 1. The van der Waals surface area contributed by atoms with Crippen LogP contribution in [0, 0.1) is 10.1 Å². The van der Waals surface area contributed by atoms with Crippen molar-refractivity contribution in [3.63, 3.8) is 0 Å². The molecule has 0 radical (unpaired) electrons. The van der Waals surface area contributed by atoms with E-state index in [4.69, 9.17) is 17.3 Å². The lowest BCUT2D eigenvalue weighted by Crippen LogP contribution is -2.15. The lowest BCUT2D eigenvalue weighted by atomic mass is 9.89. The Balaban J connectivity index is 2.14. The van der Waals surface area contributed by atoms with Crippen LogP contribution in [0.1, 0.15) is 39.4 Å². The number of benzene rings is 2. The summed E-state index contributed by atoms with van der Waals surface area (Å²) in [6.45, 7) is 0. The number of hydrogen-bond donors (Lipinski definition) is 1. The molecule has 0 aromatic heterocycles. The Bertz CT molecular complexity index is 789. The summed E-state index contributed by atoms with van der Waals surface area (Å²) >= 11 is 6.00. The maximum absolute atomic E-state index is 11.7. The van der Waals surface area contributed by atoms with E-state index >= 15 is 0 Å². The van der Waals surface area contributed by atoms with Crippen LogP contribution in [0.4, 0.5) is 5.69 Å². The van der Waals surface area contributed by atoms with Crippen LogP contribution in [0.3, 0.4) is 0 Å². The third-order valence-corrected chi connectivity index (χ3v) is 4.30. The molecule has 0 saturated heterocycles. The number of hydrogen-bond acceptors (Lipinski definition) is 3. The molecule has 2 N–H and O–H groups in total. The molecule has 1 unspecified atom stereocenters. The van der Waals surface area contributed by atoms with E-state index in [0.717, 1.165) is 24.0 Å². The molecule has 0 heterocycles. The van der Waals surface area contributed by atoms with Gasteiger partial charge < -0.3 is 5.73 Å². The van der Waals surface area contributed by atoms with Gasteiger partial charge >= 0.3 is 0 Å². The van der Waals surface area contributed by atoms with Crippen molar-refractivity contribution >= 4 is 23.2 Å². The normalized spacial score (nSPS) is 16.3. The molecule has 6 heteroatoms. The second kappa shape index (κ2) is 5.42. The predicted molar refractivity (Wildman–Crippen MR) is 83.2 cm³/mol. The highest BCUT2D eigenvalue weighted by atomic mass is 35.5. The third kappa shape index (κ3) is 2.44. The third-order valence-electron chi connectivity index (χ3n) is 4.07. The molecule has 1 amide bonds. The Morgan fingerprint density at radius 1 is 1.23 bits per heavy atom. The number of carbonyl (C=O) groups is 1. The molecular formula is C16H13ClN2O3. The minimum Gasteiger partial charge on any atom is -0.366 e. The van der Waals surface area contributed by atoms with E-state index in [1.807, 2.05) is 12.1 Å². The number of nitro groups is 1. The standard InChI is InChI=1S/C16H13ClN2O3/c17-10-2-5-12-9(7-10)1-4-13(12)15-8-11(19(21)22)3-6-14(15)16(18)20/h2-3,5-8,13H,1,4H2,(H2,18,20). The molecule has 3 rings (SSSR count). The summed E-state index contributed by atoms with van der Waals surface area (Å²) in [6.07, 6.45) is 1.60. The van der Waals surface area contributed by atoms with Gasteiger partial charge in [-0.25, -0.2) is 0 Å². The van der Waals surface area contributed by atoms with Gasteiger partial charge in [0.1, 0.15) is 0 Å². The maximum atomic E-state index is 11.7. The number of nitrogens with two attached hydrogens (primary N) is 1. The minimum absolute atomic E-state index is 0.0394. The number of nitro benzene ring substituents is 1. The molecule has 0 spiro atoms. The van der Waals surface area contributed by atoms with Gasteiger partial charge in [-0.2, -0.15) is 0 Å². The monoisotopic (exact) mass is 316 g/mol. The zero-order valence-corrected chi connectivity index (χ0v) is 12.3. The van der Waals surface area contributed by atoms with Gasteiger partial charge in [-0.3, -0.25) is 14.9 Å². The number of nitrogens with zero attached hydrogens (tertiary/aromatic N) is 1. The van der Waals surface area contributed by atoms with Gasteiger partial charge in [0.05, 0.1) is 4.92 Å². The molecule has 22 heavy (non-hydrogen) atoms. The van der Waals surface area contributed by atoms with Crippen LogP contribution in [-0.2, 0) is 6.42 Å². The number of primary amides is 1. The van der Waals surface area contributed by atoms with Crippen molar-refractivity contribution in [1.29, 1.82) is 0 Å². The summed E-state index contributed by atoms with van der Waals surface area (Å²) in [5.74, 6) is -0.651.